The Morgan fingerprint density at radius 3 is 2.67 bits per heavy atom. The number of aryl methyl sites for hydroxylation is 1. The zero-order valence-corrected chi connectivity index (χ0v) is 12.6. The maximum absolute atomic E-state index is 6.02. The molecule has 0 aliphatic heterocycles. The summed E-state index contributed by atoms with van der Waals surface area (Å²) in [6, 6.07) is 7.26. The average molecular weight is 347 g/mol. The Morgan fingerprint density at radius 2 is 2.00 bits per heavy atom. The molecule has 2 rings (SSSR count). The number of anilines is 2. The lowest BCUT2D eigenvalue weighted by Gasteiger charge is -2.08. The van der Waals surface area contributed by atoms with Crippen molar-refractivity contribution >= 4 is 50.6 Å². The van der Waals surface area contributed by atoms with E-state index in [1.165, 1.54) is 0 Å². The van der Waals surface area contributed by atoms with Gasteiger partial charge in [0.1, 0.15) is 16.8 Å². The minimum absolute atomic E-state index is 0.424. The first-order valence-electron chi connectivity index (χ1n) is 5.34. The van der Waals surface area contributed by atoms with E-state index in [1.54, 1.807) is 6.07 Å². The number of benzene rings is 1. The molecule has 0 aliphatic carbocycles. The molecule has 0 saturated carbocycles. The molecule has 0 radical (unpaired) electrons. The second-order valence-electron chi connectivity index (χ2n) is 3.60. The van der Waals surface area contributed by atoms with Gasteiger partial charge in [0.2, 0.25) is 0 Å². The van der Waals surface area contributed by atoms with Gasteiger partial charge in [-0.3, -0.25) is 0 Å². The van der Waals surface area contributed by atoms with Crippen LogP contribution < -0.4 is 5.32 Å². The normalized spacial score (nSPS) is 10.4. The number of aromatic nitrogens is 2. The number of nitrogens with one attached hydrogen (secondary N) is 1. The van der Waals surface area contributed by atoms with Gasteiger partial charge in [-0.25, -0.2) is 9.97 Å². The fourth-order valence-electron chi connectivity index (χ4n) is 1.41. The number of nitrogens with zero attached hydrogens (tertiary/aromatic N) is 2. The predicted octanol–water partition coefficient (Wildman–Crippen LogP) is 4.85. The van der Waals surface area contributed by atoms with E-state index in [-0.39, 0.29) is 0 Å². The van der Waals surface area contributed by atoms with Crippen molar-refractivity contribution in [2.75, 3.05) is 5.32 Å². The standard InChI is InChI=1S/C12H10BrCl2N3/c1-2-11-17-10(15)6-12(18-11)16-7-3-4-8(13)9(14)5-7/h3-6H,2H2,1H3,(H,16,17,18). The maximum atomic E-state index is 6.02. The molecule has 1 aromatic carbocycles. The van der Waals surface area contributed by atoms with E-state index in [0.717, 1.165) is 16.6 Å². The Labute approximate surface area is 124 Å². The first-order valence-corrected chi connectivity index (χ1v) is 6.89. The second-order valence-corrected chi connectivity index (χ2v) is 5.25. The third-order valence-electron chi connectivity index (χ3n) is 2.25. The smallest absolute Gasteiger partial charge is 0.135 e. The van der Waals surface area contributed by atoms with E-state index in [9.17, 15) is 0 Å². The van der Waals surface area contributed by atoms with Gasteiger partial charge in [0.25, 0.3) is 0 Å². The van der Waals surface area contributed by atoms with E-state index in [2.05, 4.69) is 31.2 Å². The van der Waals surface area contributed by atoms with Crippen molar-refractivity contribution in [1.82, 2.24) is 9.97 Å². The Balaban J connectivity index is 2.27. The lowest BCUT2D eigenvalue weighted by molar-refractivity contribution is 0.943. The minimum atomic E-state index is 0.424. The third-order valence-corrected chi connectivity index (χ3v) is 3.68. The van der Waals surface area contributed by atoms with Gasteiger partial charge in [0, 0.05) is 22.6 Å². The molecule has 3 nitrogen and oxygen atoms in total. The molecule has 2 aromatic rings. The minimum Gasteiger partial charge on any atom is -0.340 e. The summed E-state index contributed by atoms with van der Waals surface area (Å²) in [7, 11) is 0. The fourth-order valence-corrected chi connectivity index (χ4v) is 2.04. The SMILES string of the molecule is CCc1nc(Cl)cc(Nc2ccc(Br)c(Cl)c2)n1. The first kappa shape index (κ1) is 13.6. The maximum Gasteiger partial charge on any atom is 0.135 e. The Hall–Kier alpha value is -0.840. The molecule has 0 amide bonds. The Kier molecular flexibility index (Phi) is 4.43. The number of rotatable bonds is 3. The van der Waals surface area contributed by atoms with E-state index in [0.29, 0.717) is 21.8 Å². The topological polar surface area (TPSA) is 37.8 Å². The highest BCUT2D eigenvalue weighted by Gasteiger charge is 2.04. The van der Waals surface area contributed by atoms with Crippen LogP contribution in [0.4, 0.5) is 11.5 Å². The highest BCUT2D eigenvalue weighted by atomic mass is 79.9. The summed E-state index contributed by atoms with van der Waals surface area (Å²) >= 11 is 15.3. The quantitative estimate of drug-likeness (QED) is 0.807. The van der Waals surface area contributed by atoms with E-state index < -0.39 is 0 Å². The first-order chi connectivity index (χ1) is 8.58. The second kappa shape index (κ2) is 5.87. The largest absolute Gasteiger partial charge is 0.340 e. The molecule has 0 atom stereocenters. The summed E-state index contributed by atoms with van der Waals surface area (Å²) in [6.07, 6.45) is 0.732. The van der Waals surface area contributed by atoms with Crippen LogP contribution in [0.1, 0.15) is 12.7 Å². The van der Waals surface area contributed by atoms with Crippen molar-refractivity contribution < 1.29 is 0 Å². The van der Waals surface area contributed by atoms with Crippen molar-refractivity contribution in [3.05, 3.63) is 44.7 Å². The molecule has 1 N–H and O–H groups in total. The van der Waals surface area contributed by atoms with Gasteiger partial charge < -0.3 is 5.32 Å². The molecule has 1 heterocycles. The zero-order chi connectivity index (χ0) is 13.1. The molecule has 0 bridgehead atoms. The summed E-state index contributed by atoms with van der Waals surface area (Å²) < 4.78 is 0.852. The molecule has 1 aromatic heterocycles. The summed E-state index contributed by atoms with van der Waals surface area (Å²) in [6.45, 7) is 1.98. The van der Waals surface area contributed by atoms with Crippen molar-refractivity contribution in [3.8, 4) is 0 Å². The lowest BCUT2D eigenvalue weighted by Crippen LogP contribution is -1.99. The predicted molar refractivity (Wildman–Crippen MR) is 78.9 cm³/mol. The van der Waals surface area contributed by atoms with Gasteiger partial charge in [0.15, 0.2) is 0 Å². The summed E-state index contributed by atoms with van der Waals surface area (Å²) in [5.41, 5.74) is 0.847. The van der Waals surface area contributed by atoms with Crippen LogP contribution in [0.2, 0.25) is 10.2 Å². The number of hydrogen-bond acceptors (Lipinski definition) is 3. The Morgan fingerprint density at radius 1 is 1.22 bits per heavy atom. The zero-order valence-electron chi connectivity index (χ0n) is 9.54. The van der Waals surface area contributed by atoms with Gasteiger partial charge in [0.05, 0.1) is 5.02 Å². The van der Waals surface area contributed by atoms with Gasteiger partial charge in [-0.05, 0) is 34.1 Å². The molecule has 0 aliphatic rings. The van der Waals surface area contributed by atoms with Crippen molar-refractivity contribution in [2.24, 2.45) is 0 Å². The number of hydrogen-bond donors (Lipinski definition) is 1. The van der Waals surface area contributed by atoms with Crippen LogP contribution in [0, 0.1) is 0 Å². The van der Waals surface area contributed by atoms with Crippen LogP contribution in [0.5, 0.6) is 0 Å². The molecule has 6 heteroatoms. The van der Waals surface area contributed by atoms with Gasteiger partial charge in [-0.1, -0.05) is 30.1 Å². The lowest BCUT2D eigenvalue weighted by atomic mass is 10.3. The third kappa shape index (κ3) is 3.34. The summed E-state index contributed by atoms with van der Waals surface area (Å²) in [5.74, 6) is 1.36. The van der Waals surface area contributed by atoms with Crippen LogP contribution >= 0.6 is 39.1 Å². The Bertz CT molecular complexity index is 575. The van der Waals surface area contributed by atoms with Crippen molar-refractivity contribution in [2.45, 2.75) is 13.3 Å². The molecular formula is C12H10BrCl2N3. The fraction of sp³-hybridized carbons (Fsp3) is 0.167. The molecule has 0 saturated heterocycles. The summed E-state index contributed by atoms with van der Waals surface area (Å²) in [5, 5.41) is 4.21. The van der Waals surface area contributed by atoms with Crippen LogP contribution in [0.15, 0.2) is 28.7 Å². The van der Waals surface area contributed by atoms with E-state index in [4.69, 9.17) is 23.2 Å². The molecule has 0 spiro atoms. The molecular weight excluding hydrogens is 337 g/mol. The molecule has 0 fully saturated rings. The molecule has 18 heavy (non-hydrogen) atoms. The van der Waals surface area contributed by atoms with Crippen LogP contribution in [-0.2, 0) is 6.42 Å². The highest BCUT2D eigenvalue weighted by molar-refractivity contribution is 9.10. The monoisotopic (exact) mass is 345 g/mol. The van der Waals surface area contributed by atoms with Crippen LogP contribution in [-0.4, -0.2) is 9.97 Å². The van der Waals surface area contributed by atoms with Crippen molar-refractivity contribution in [3.63, 3.8) is 0 Å². The number of halogens is 3. The molecule has 94 valence electrons. The van der Waals surface area contributed by atoms with Gasteiger partial charge in [-0.15, -0.1) is 0 Å². The van der Waals surface area contributed by atoms with Gasteiger partial charge >= 0.3 is 0 Å². The average Bonchev–Trinajstić information content (AvgIpc) is 2.33. The summed E-state index contributed by atoms with van der Waals surface area (Å²) in [4.78, 5) is 8.44. The van der Waals surface area contributed by atoms with Crippen LogP contribution in [0.3, 0.4) is 0 Å². The van der Waals surface area contributed by atoms with E-state index >= 15 is 0 Å². The highest BCUT2D eigenvalue weighted by Crippen LogP contribution is 2.27. The van der Waals surface area contributed by atoms with Crippen molar-refractivity contribution in [1.29, 1.82) is 0 Å². The van der Waals surface area contributed by atoms with Gasteiger partial charge in [-0.2, -0.15) is 0 Å². The van der Waals surface area contributed by atoms with E-state index in [1.807, 2.05) is 25.1 Å². The van der Waals surface area contributed by atoms with Crippen LogP contribution in [0.25, 0.3) is 0 Å². The molecule has 0 unspecified atom stereocenters.